The molecule has 3 rings (SSSR count). The van der Waals surface area contributed by atoms with Gasteiger partial charge < -0.3 is 29.2 Å². The molecule has 0 aromatic heterocycles. The molecule has 2 atom stereocenters. The number of esters is 2. The van der Waals surface area contributed by atoms with Crippen molar-refractivity contribution in [3.63, 3.8) is 0 Å². The maximum atomic E-state index is 13.5. The van der Waals surface area contributed by atoms with Crippen molar-refractivity contribution in [3.8, 4) is 5.75 Å². The highest BCUT2D eigenvalue weighted by Gasteiger charge is 2.41. The molecule has 0 saturated carbocycles. The normalized spacial score (nSPS) is 17.1. The van der Waals surface area contributed by atoms with Crippen LogP contribution in [0.25, 0.3) is 0 Å². The third-order valence-electron chi connectivity index (χ3n) is 8.94. The number of nitrogens with zero attached hydrogens (tertiary/aromatic N) is 4. The number of halogens is 4. The van der Waals surface area contributed by atoms with Crippen molar-refractivity contribution < 1.29 is 65.9 Å². The molecule has 306 valence electrons. The molecule has 1 aliphatic rings. The Hall–Kier alpha value is -4.36. The summed E-state index contributed by atoms with van der Waals surface area (Å²) in [7, 11) is 1.26. The number of ether oxygens (including phenoxy) is 4. The maximum absolute atomic E-state index is 13.5. The molecular formula is C37H50F4N4O10. The summed E-state index contributed by atoms with van der Waals surface area (Å²) in [6.45, 7) is 1.04. The molecule has 0 radical (unpaired) electrons. The van der Waals surface area contributed by atoms with Gasteiger partial charge in [-0.1, -0.05) is 42.5 Å². The summed E-state index contributed by atoms with van der Waals surface area (Å²) in [5.41, 5.74) is 1.45. The summed E-state index contributed by atoms with van der Waals surface area (Å²) < 4.78 is 73.2. The van der Waals surface area contributed by atoms with E-state index in [1.54, 1.807) is 26.5 Å². The first-order valence-electron chi connectivity index (χ1n) is 17.8. The predicted molar refractivity (Wildman–Crippen MR) is 190 cm³/mol. The van der Waals surface area contributed by atoms with Gasteiger partial charge in [0, 0.05) is 52.4 Å². The second kappa shape index (κ2) is 22.9. The number of hydrogen-bond donors (Lipinski definition) is 2. The number of alkyl halides is 4. The second-order valence-corrected chi connectivity index (χ2v) is 12.9. The van der Waals surface area contributed by atoms with E-state index >= 15 is 0 Å². The van der Waals surface area contributed by atoms with Crippen molar-refractivity contribution in [2.75, 3.05) is 92.4 Å². The van der Waals surface area contributed by atoms with Gasteiger partial charge in [-0.05, 0) is 36.6 Å². The minimum atomic E-state index is -4.34. The lowest BCUT2D eigenvalue weighted by Gasteiger charge is -2.37. The van der Waals surface area contributed by atoms with Gasteiger partial charge in [0.05, 0.1) is 40.0 Å². The Bertz CT molecular complexity index is 1460. The predicted octanol–water partition coefficient (Wildman–Crippen LogP) is 2.59. The van der Waals surface area contributed by atoms with Gasteiger partial charge in [0.15, 0.2) is 6.61 Å². The van der Waals surface area contributed by atoms with E-state index in [1.807, 2.05) is 30.3 Å². The van der Waals surface area contributed by atoms with E-state index in [9.17, 15) is 47.0 Å². The first-order valence-corrected chi connectivity index (χ1v) is 17.8. The summed E-state index contributed by atoms with van der Waals surface area (Å²) in [5.74, 6) is -7.76. The molecule has 0 spiro atoms. The highest BCUT2D eigenvalue weighted by molar-refractivity contribution is 5.76. The number of carboxylic acids is 2. The van der Waals surface area contributed by atoms with Gasteiger partial charge in [0.25, 0.3) is 0 Å². The molecule has 2 aromatic carbocycles. The largest absolute Gasteiger partial charge is 0.487 e. The number of carbonyl (C=O) groups excluding carboxylic acids is 2. The zero-order valence-corrected chi connectivity index (χ0v) is 31.0. The van der Waals surface area contributed by atoms with Crippen LogP contribution in [0, 0.1) is 0 Å². The van der Waals surface area contributed by atoms with Crippen LogP contribution >= 0.6 is 0 Å². The first kappa shape index (κ1) is 45.0. The van der Waals surface area contributed by atoms with E-state index in [0.717, 1.165) is 5.56 Å². The molecule has 2 aromatic rings. The average Bonchev–Trinajstić information content (AvgIpc) is 3.14. The number of rotatable bonds is 19. The Morgan fingerprint density at radius 2 is 1.27 bits per heavy atom. The topological polar surface area (TPSA) is 159 Å². The monoisotopic (exact) mass is 786 g/mol. The standard InChI is InChI=1S/C37H50F4N4O10/c1-3-54-35(51)30(21-27-9-11-29(12-10-27)55-26-37(40,41)36(38)39)44-17-13-42(22-32(46)47)15-19-45(20-16-43(14-18-44)23-33(48)49)31(34(50)52-2)25-53-24-28-7-5-4-6-8-28/h4-12,30-31,36H,3,13-26H2,1-2H3,(H,46,47)(H,48,49). The fourth-order valence-corrected chi connectivity index (χ4v) is 5.96. The molecule has 0 bridgehead atoms. The summed E-state index contributed by atoms with van der Waals surface area (Å²) >= 11 is 0. The highest BCUT2D eigenvalue weighted by atomic mass is 19.3. The summed E-state index contributed by atoms with van der Waals surface area (Å²) in [4.78, 5) is 57.4. The van der Waals surface area contributed by atoms with Crippen molar-refractivity contribution >= 4 is 23.9 Å². The van der Waals surface area contributed by atoms with Crippen LogP contribution in [0.15, 0.2) is 54.6 Å². The molecule has 1 aliphatic heterocycles. The van der Waals surface area contributed by atoms with Crippen molar-refractivity contribution in [1.82, 2.24) is 19.6 Å². The summed E-state index contributed by atoms with van der Waals surface area (Å²) in [6, 6.07) is 13.2. The van der Waals surface area contributed by atoms with Gasteiger partial charge in [0.2, 0.25) is 0 Å². The third-order valence-corrected chi connectivity index (χ3v) is 8.94. The van der Waals surface area contributed by atoms with Gasteiger partial charge in [-0.3, -0.25) is 38.8 Å². The molecule has 0 amide bonds. The zero-order valence-electron chi connectivity index (χ0n) is 31.0. The highest BCUT2D eigenvalue weighted by Crippen LogP contribution is 2.25. The van der Waals surface area contributed by atoms with Crippen LogP contribution in [0.5, 0.6) is 5.75 Å². The molecule has 1 fully saturated rings. The smallest absolute Gasteiger partial charge is 0.340 e. The van der Waals surface area contributed by atoms with E-state index in [-0.39, 0.29) is 97.4 Å². The van der Waals surface area contributed by atoms with E-state index in [1.165, 1.54) is 31.4 Å². The van der Waals surface area contributed by atoms with Gasteiger partial charge in [-0.25, -0.2) is 8.78 Å². The van der Waals surface area contributed by atoms with E-state index in [2.05, 4.69) is 0 Å². The lowest BCUT2D eigenvalue weighted by molar-refractivity contribution is -0.151. The summed E-state index contributed by atoms with van der Waals surface area (Å²) in [6.07, 6.45) is -3.84. The van der Waals surface area contributed by atoms with Crippen LogP contribution in [0.4, 0.5) is 17.6 Å². The molecule has 1 heterocycles. The zero-order chi connectivity index (χ0) is 40.4. The molecule has 2 N–H and O–H groups in total. The Balaban J connectivity index is 1.86. The van der Waals surface area contributed by atoms with Gasteiger partial charge in [-0.2, -0.15) is 8.78 Å². The molecule has 14 nitrogen and oxygen atoms in total. The Kier molecular flexibility index (Phi) is 18.7. The van der Waals surface area contributed by atoms with Crippen molar-refractivity contribution in [3.05, 3.63) is 65.7 Å². The minimum Gasteiger partial charge on any atom is -0.487 e. The van der Waals surface area contributed by atoms with Crippen LogP contribution in [0.2, 0.25) is 0 Å². The van der Waals surface area contributed by atoms with Crippen LogP contribution in [-0.4, -0.2) is 170 Å². The van der Waals surface area contributed by atoms with Crippen molar-refractivity contribution in [2.24, 2.45) is 0 Å². The number of benzene rings is 2. The van der Waals surface area contributed by atoms with E-state index < -0.39 is 54.9 Å². The van der Waals surface area contributed by atoms with Gasteiger partial charge in [0.1, 0.15) is 17.8 Å². The maximum Gasteiger partial charge on any atom is 0.340 e. The van der Waals surface area contributed by atoms with Crippen LogP contribution < -0.4 is 4.74 Å². The third kappa shape index (κ3) is 15.7. The van der Waals surface area contributed by atoms with Crippen LogP contribution in [0.3, 0.4) is 0 Å². The lowest BCUT2D eigenvalue weighted by Crippen LogP contribution is -2.54. The molecule has 0 aliphatic carbocycles. The average molecular weight is 787 g/mol. The number of hydrogen-bond acceptors (Lipinski definition) is 12. The minimum absolute atomic E-state index is 0.0380. The quantitative estimate of drug-likeness (QED) is 0.158. The van der Waals surface area contributed by atoms with E-state index in [0.29, 0.717) is 5.56 Å². The lowest BCUT2D eigenvalue weighted by atomic mass is 10.0. The Morgan fingerprint density at radius 1 is 0.745 bits per heavy atom. The molecule has 18 heteroatoms. The summed E-state index contributed by atoms with van der Waals surface area (Å²) in [5, 5.41) is 19.5. The fraction of sp³-hybridized carbons (Fsp3) is 0.568. The van der Waals surface area contributed by atoms with E-state index in [4.69, 9.17) is 18.9 Å². The first-order chi connectivity index (χ1) is 26.2. The van der Waals surface area contributed by atoms with Gasteiger partial charge >= 0.3 is 36.2 Å². The van der Waals surface area contributed by atoms with Crippen LogP contribution in [-0.2, 0) is 46.4 Å². The number of carbonyl (C=O) groups is 4. The van der Waals surface area contributed by atoms with Gasteiger partial charge in [-0.15, -0.1) is 0 Å². The number of aliphatic carboxylic acids is 2. The number of carboxylic acid groups (broad SMARTS) is 2. The Morgan fingerprint density at radius 3 is 1.75 bits per heavy atom. The van der Waals surface area contributed by atoms with Crippen molar-refractivity contribution in [2.45, 2.75) is 44.4 Å². The molecule has 1 saturated heterocycles. The molecule has 2 unspecified atom stereocenters. The van der Waals surface area contributed by atoms with Crippen molar-refractivity contribution in [1.29, 1.82) is 0 Å². The second-order valence-electron chi connectivity index (χ2n) is 12.9. The number of methoxy groups -OCH3 is 1. The molecule has 55 heavy (non-hydrogen) atoms. The SMILES string of the molecule is CCOC(=O)C(Cc1ccc(OCC(F)(F)C(F)F)cc1)N1CCN(CC(=O)O)CCN(C(COCc2ccccc2)C(=O)OC)CCN(CC(=O)O)CC1. The van der Waals surface area contributed by atoms with Crippen LogP contribution in [0.1, 0.15) is 18.1 Å². The fourth-order valence-electron chi connectivity index (χ4n) is 5.96. The Labute approximate surface area is 317 Å². The molecular weight excluding hydrogens is 736 g/mol.